The zero-order valence-corrected chi connectivity index (χ0v) is 12.4. The first-order chi connectivity index (χ1) is 5.91. The molecule has 0 amide bonds. The SMILES string of the molecule is CCF.CC[C-](CC)CC(C)(F)F.[Y]. The van der Waals surface area contributed by atoms with Gasteiger partial charge >= 0.3 is 0 Å². The average Bonchev–Trinajstić information content (AvgIpc) is 2.00. The van der Waals surface area contributed by atoms with E-state index in [1.165, 1.54) is 6.92 Å². The van der Waals surface area contributed by atoms with Crippen LogP contribution in [0.25, 0.3) is 0 Å². The van der Waals surface area contributed by atoms with Crippen LogP contribution in [0.4, 0.5) is 13.2 Å². The molecule has 0 aromatic rings. The van der Waals surface area contributed by atoms with Crippen molar-refractivity contribution in [3.05, 3.63) is 5.92 Å². The summed E-state index contributed by atoms with van der Waals surface area (Å²) >= 11 is 0. The Bertz CT molecular complexity index is 98.0. The molecule has 1 radical (unpaired) electrons. The molecule has 0 rings (SSSR count). The second-order valence-corrected chi connectivity index (χ2v) is 2.97. The van der Waals surface area contributed by atoms with Crippen LogP contribution in [0.2, 0.25) is 0 Å². The van der Waals surface area contributed by atoms with Crippen LogP contribution >= 0.6 is 0 Å². The second-order valence-electron chi connectivity index (χ2n) is 2.97. The van der Waals surface area contributed by atoms with E-state index in [0.717, 1.165) is 25.7 Å². The van der Waals surface area contributed by atoms with Crippen molar-refractivity contribution >= 4 is 0 Å². The molecule has 0 saturated heterocycles. The third kappa shape index (κ3) is 18.6. The Balaban J connectivity index is -0.000000267. The fourth-order valence-corrected chi connectivity index (χ4v) is 0.939. The van der Waals surface area contributed by atoms with E-state index in [1.54, 1.807) is 0 Å². The van der Waals surface area contributed by atoms with E-state index in [2.05, 4.69) is 0 Å². The summed E-state index contributed by atoms with van der Waals surface area (Å²) in [5.74, 6) is -1.56. The Morgan fingerprint density at radius 1 is 1.07 bits per heavy atom. The fraction of sp³-hybridized carbons (Fsp3) is 0.900. The third-order valence-corrected chi connectivity index (χ3v) is 1.56. The van der Waals surface area contributed by atoms with E-state index in [9.17, 15) is 13.2 Å². The van der Waals surface area contributed by atoms with Gasteiger partial charge in [0.1, 0.15) is 0 Å². The minimum Gasteiger partial charge on any atom is -0.309 e. The maximum absolute atomic E-state index is 12.3. The standard InChI is InChI=1S/C8H15F2.C2H5F.Y/c1-4-7(5-2)6-8(3,9)10;1-2-3;/h4-6H2,1-3H3;2H2,1H3;/q-1;;. The molecule has 0 aliphatic rings. The largest absolute Gasteiger partial charge is 0.309 e. The van der Waals surface area contributed by atoms with Crippen LogP contribution in [0.1, 0.15) is 47.0 Å². The summed E-state index contributed by atoms with van der Waals surface area (Å²) in [6.45, 7) is 6.02. The molecule has 14 heavy (non-hydrogen) atoms. The molecule has 0 spiro atoms. The van der Waals surface area contributed by atoms with Gasteiger partial charge in [-0.25, -0.2) is 8.78 Å². The molecule has 0 N–H and O–H groups in total. The molecule has 85 valence electrons. The molecule has 0 aromatic heterocycles. The van der Waals surface area contributed by atoms with Crippen LogP contribution in [-0.2, 0) is 32.7 Å². The number of hydrogen-bond donors (Lipinski definition) is 0. The second kappa shape index (κ2) is 12.0. The molecule has 0 atom stereocenters. The molecule has 4 heteroatoms. The fourth-order valence-electron chi connectivity index (χ4n) is 0.939. The summed E-state index contributed by atoms with van der Waals surface area (Å²) in [4.78, 5) is 0. The van der Waals surface area contributed by atoms with Gasteiger partial charge in [0.2, 0.25) is 5.92 Å². The number of alkyl halides is 3. The smallest absolute Gasteiger partial charge is 0.219 e. The van der Waals surface area contributed by atoms with Gasteiger partial charge in [-0.05, 0) is 13.8 Å². The Kier molecular flexibility index (Phi) is 17.4. The summed E-state index contributed by atoms with van der Waals surface area (Å²) in [6.07, 6.45) is 1.51. The maximum Gasteiger partial charge on any atom is 0.219 e. The van der Waals surface area contributed by atoms with Crippen LogP contribution in [0.3, 0.4) is 0 Å². The molecule has 0 aromatic carbocycles. The van der Waals surface area contributed by atoms with Crippen molar-refractivity contribution in [2.75, 3.05) is 6.67 Å². The van der Waals surface area contributed by atoms with E-state index >= 15 is 0 Å². The topological polar surface area (TPSA) is 0 Å². The van der Waals surface area contributed by atoms with Crippen molar-refractivity contribution in [1.82, 2.24) is 0 Å². The zero-order chi connectivity index (χ0) is 10.9. The summed E-state index contributed by atoms with van der Waals surface area (Å²) in [7, 11) is 0. The predicted octanol–water partition coefficient (Wildman–Crippen LogP) is 4.40. The van der Waals surface area contributed by atoms with Gasteiger partial charge in [0.25, 0.3) is 0 Å². The molecule has 0 heterocycles. The zero-order valence-electron chi connectivity index (χ0n) is 9.54. The first-order valence-electron chi connectivity index (χ1n) is 4.68. The minimum atomic E-state index is -2.51. The number of halogens is 3. The Morgan fingerprint density at radius 3 is 1.43 bits per heavy atom. The molecule has 0 fully saturated rings. The molecule has 0 bridgehead atoms. The van der Waals surface area contributed by atoms with E-state index in [1.807, 2.05) is 13.8 Å². The molecule has 0 aliphatic heterocycles. The monoisotopic (exact) mass is 286 g/mol. The van der Waals surface area contributed by atoms with Crippen molar-refractivity contribution < 1.29 is 45.9 Å². The van der Waals surface area contributed by atoms with Crippen molar-refractivity contribution in [2.24, 2.45) is 0 Å². The molecule has 0 saturated carbocycles. The third-order valence-electron chi connectivity index (χ3n) is 1.56. The van der Waals surface area contributed by atoms with Gasteiger partial charge in [0, 0.05) is 32.7 Å². The number of rotatable bonds is 4. The summed E-state index contributed by atoms with van der Waals surface area (Å²) in [5, 5.41) is 0. The number of hydrogen-bond acceptors (Lipinski definition) is 0. The Hall–Kier alpha value is 0.894. The molecule has 0 unspecified atom stereocenters. The summed E-state index contributed by atoms with van der Waals surface area (Å²) in [6, 6.07) is 0. The van der Waals surface area contributed by atoms with E-state index in [4.69, 9.17) is 0 Å². The molecule has 0 nitrogen and oxygen atoms in total. The van der Waals surface area contributed by atoms with E-state index in [-0.39, 0.29) is 45.8 Å². The summed E-state index contributed by atoms with van der Waals surface area (Å²) in [5.41, 5.74) is 0. The molecular formula is C10H20F3Y-. The average molecular weight is 286 g/mol. The Morgan fingerprint density at radius 2 is 1.36 bits per heavy atom. The van der Waals surface area contributed by atoms with Gasteiger partial charge < -0.3 is 5.92 Å². The van der Waals surface area contributed by atoms with Crippen molar-refractivity contribution in [1.29, 1.82) is 0 Å². The van der Waals surface area contributed by atoms with E-state index in [0.29, 0.717) is 0 Å². The molecular weight excluding hydrogens is 266 g/mol. The normalized spacial score (nSPS) is 10.3. The Labute approximate surface area is 111 Å². The van der Waals surface area contributed by atoms with Crippen molar-refractivity contribution in [2.45, 2.75) is 52.9 Å². The first kappa shape index (κ1) is 20.3. The van der Waals surface area contributed by atoms with Gasteiger partial charge in [-0.2, -0.15) is 12.8 Å². The van der Waals surface area contributed by atoms with Crippen molar-refractivity contribution in [3.63, 3.8) is 0 Å². The van der Waals surface area contributed by atoms with Gasteiger partial charge in [0.15, 0.2) is 0 Å². The van der Waals surface area contributed by atoms with E-state index < -0.39 is 5.92 Å². The van der Waals surface area contributed by atoms with Gasteiger partial charge in [-0.15, -0.1) is 6.42 Å². The predicted molar refractivity (Wildman–Crippen MR) is 50.7 cm³/mol. The molecule has 0 aliphatic carbocycles. The first-order valence-corrected chi connectivity index (χ1v) is 4.68. The minimum absolute atomic E-state index is 0. The van der Waals surface area contributed by atoms with Crippen molar-refractivity contribution in [3.8, 4) is 0 Å². The van der Waals surface area contributed by atoms with Crippen LogP contribution < -0.4 is 0 Å². The maximum atomic E-state index is 12.3. The van der Waals surface area contributed by atoms with Gasteiger partial charge in [-0.1, -0.05) is 13.8 Å². The van der Waals surface area contributed by atoms with Crippen LogP contribution in [0, 0.1) is 5.92 Å². The van der Waals surface area contributed by atoms with Gasteiger partial charge in [-0.3, -0.25) is 4.39 Å². The van der Waals surface area contributed by atoms with Crippen LogP contribution in [0.5, 0.6) is 0 Å². The summed E-state index contributed by atoms with van der Waals surface area (Å²) < 4.78 is 34.9. The quantitative estimate of drug-likeness (QED) is 0.672. The van der Waals surface area contributed by atoms with Gasteiger partial charge in [0.05, 0.1) is 6.67 Å². The van der Waals surface area contributed by atoms with Crippen LogP contribution in [-0.4, -0.2) is 12.6 Å². The van der Waals surface area contributed by atoms with Crippen LogP contribution in [0.15, 0.2) is 0 Å².